The van der Waals surface area contributed by atoms with Crippen LogP contribution in [0.15, 0.2) is 72.1 Å². The second-order valence-corrected chi connectivity index (χ2v) is 7.46. The topological polar surface area (TPSA) is 17.8 Å². The molecule has 0 N–H and O–H groups in total. The molecule has 6 heteroatoms. The first-order chi connectivity index (χ1) is 11.1. The van der Waals surface area contributed by atoms with Crippen LogP contribution in [0.4, 0.5) is 0 Å². The highest BCUT2D eigenvalue weighted by Gasteiger charge is 2.24. The summed E-state index contributed by atoms with van der Waals surface area (Å²) in [6.07, 6.45) is 5.31. The molecule has 0 amide bonds. The smallest absolute Gasteiger partial charge is 0.125 e. The summed E-state index contributed by atoms with van der Waals surface area (Å²) >= 11 is 20.4. The van der Waals surface area contributed by atoms with Crippen molar-refractivity contribution in [2.24, 2.45) is 0 Å². The predicted molar refractivity (Wildman–Crippen MR) is 98.6 cm³/mol. The van der Waals surface area contributed by atoms with E-state index in [0.29, 0.717) is 5.02 Å². The van der Waals surface area contributed by atoms with Crippen LogP contribution in [-0.2, 0) is 0 Å². The van der Waals surface area contributed by atoms with Crippen molar-refractivity contribution in [3.8, 4) is 0 Å². The Hall–Kier alpha value is -1.13. The van der Waals surface area contributed by atoms with E-state index >= 15 is 0 Å². The first-order valence-electron chi connectivity index (χ1n) is 6.93. The van der Waals surface area contributed by atoms with Gasteiger partial charge in [0.2, 0.25) is 0 Å². The molecule has 3 rings (SSSR count). The second-order valence-electron chi connectivity index (χ2n) is 4.93. The molecule has 0 aliphatic rings. The molecule has 1 heterocycles. The number of imidazole rings is 1. The number of rotatable bonds is 5. The largest absolute Gasteiger partial charge is 0.319 e. The van der Waals surface area contributed by atoms with Crippen LogP contribution in [-0.4, -0.2) is 9.55 Å². The summed E-state index contributed by atoms with van der Waals surface area (Å²) in [5, 5.41) is 1.43. The lowest BCUT2D eigenvalue weighted by Gasteiger charge is -2.23. The fraction of sp³-hybridized carbons (Fsp3) is 0.118. The fourth-order valence-corrected chi connectivity index (χ4v) is 3.97. The Kier molecular flexibility index (Phi) is 5.54. The van der Waals surface area contributed by atoms with E-state index in [-0.39, 0.29) is 10.8 Å². The minimum Gasteiger partial charge on any atom is -0.319 e. The van der Waals surface area contributed by atoms with Gasteiger partial charge in [-0.3, -0.25) is 0 Å². The van der Waals surface area contributed by atoms with Crippen molar-refractivity contribution in [2.75, 3.05) is 0 Å². The third-order valence-corrected chi connectivity index (χ3v) is 5.79. The molecule has 2 atom stereocenters. The molecule has 23 heavy (non-hydrogen) atoms. The van der Waals surface area contributed by atoms with E-state index in [9.17, 15) is 0 Å². The number of thioether (sulfide) groups is 1. The van der Waals surface area contributed by atoms with Gasteiger partial charge in [-0.15, -0.1) is 11.8 Å². The van der Waals surface area contributed by atoms with Crippen LogP contribution in [0.3, 0.4) is 0 Å². The first kappa shape index (κ1) is 16.7. The van der Waals surface area contributed by atoms with Gasteiger partial charge in [0, 0.05) is 27.3 Å². The van der Waals surface area contributed by atoms with Crippen molar-refractivity contribution in [2.45, 2.75) is 15.6 Å². The highest BCUT2D eigenvalue weighted by Crippen LogP contribution is 2.45. The molecule has 2 unspecified atom stereocenters. The van der Waals surface area contributed by atoms with Gasteiger partial charge in [-0.25, -0.2) is 4.98 Å². The SMILES string of the molecule is Clc1ccc(SC(c2ccc(Cl)cc2)C(Cl)n2ccnc2)cc1. The molecule has 0 saturated carbocycles. The van der Waals surface area contributed by atoms with Crippen molar-refractivity contribution in [1.29, 1.82) is 0 Å². The minimum atomic E-state index is -0.278. The van der Waals surface area contributed by atoms with E-state index in [1.807, 2.05) is 59.3 Å². The predicted octanol–water partition coefficient (Wildman–Crippen LogP) is 6.46. The standard InChI is InChI=1S/C17H13Cl3N2S/c18-13-3-1-12(2-4-13)16(17(20)22-10-9-21-11-22)23-15-7-5-14(19)6-8-15/h1-11,16-17H. The lowest BCUT2D eigenvalue weighted by molar-refractivity contribution is 0.651. The van der Waals surface area contributed by atoms with Crippen LogP contribution in [0.25, 0.3) is 0 Å². The maximum absolute atomic E-state index is 6.71. The first-order valence-corrected chi connectivity index (χ1v) is 9.00. The highest BCUT2D eigenvalue weighted by atomic mass is 35.5. The Bertz CT molecular complexity index is 743. The van der Waals surface area contributed by atoms with E-state index in [4.69, 9.17) is 34.8 Å². The average Bonchev–Trinajstić information content (AvgIpc) is 3.09. The van der Waals surface area contributed by atoms with Gasteiger partial charge in [0.05, 0.1) is 11.6 Å². The van der Waals surface area contributed by atoms with Crippen molar-refractivity contribution in [3.05, 3.63) is 82.9 Å². The summed E-state index contributed by atoms with van der Waals surface area (Å²) in [7, 11) is 0. The zero-order chi connectivity index (χ0) is 16.2. The summed E-state index contributed by atoms with van der Waals surface area (Å²) in [5.74, 6) is 0. The Balaban J connectivity index is 1.92. The minimum absolute atomic E-state index is 0.00399. The lowest BCUT2D eigenvalue weighted by Crippen LogP contribution is -2.09. The summed E-state index contributed by atoms with van der Waals surface area (Å²) in [6, 6.07) is 15.5. The van der Waals surface area contributed by atoms with Gasteiger partial charge in [0.25, 0.3) is 0 Å². The number of halogens is 3. The van der Waals surface area contributed by atoms with Crippen LogP contribution in [0, 0.1) is 0 Å². The van der Waals surface area contributed by atoms with Crippen LogP contribution in [0.5, 0.6) is 0 Å². The molecule has 2 nitrogen and oxygen atoms in total. The maximum atomic E-state index is 6.71. The number of alkyl halides is 1. The maximum Gasteiger partial charge on any atom is 0.125 e. The number of nitrogens with zero attached hydrogens (tertiary/aromatic N) is 2. The van der Waals surface area contributed by atoms with Crippen LogP contribution < -0.4 is 0 Å². The molecule has 0 bridgehead atoms. The highest BCUT2D eigenvalue weighted by molar-refractivity contribution is 7.99. The lowest BCUT2D eigenvalue weighted by atomic mass is 10.1. The number of hydrogen-bond acceptors (Lipinski definition) is 2. The van der Waals surface area contributed by atoms with Gasteiger partial charge < -0.3 is 4.57 Å². The summed E-state index contributed by atoms with van der Waals surface area (Å²) in [5.41, 5.74) is 0.822. The van der Waals surface area contributed by atoms with E-state index in [0.717, 1.165) is 15.5 Å². The van der Waals surface area contributed by atoms with Crippen molar-refractivity contribution < 1.29 is 0 Å². The van der Waals surface area contributed by atoms with Gasteiger partial charge in [-0.1, -0.05) is 46.9 Å². The Labute approximate surface area is 154 Å². The molecule has 1 aromatic heterocycles. The Morgan fingerprint density at radius 3 is 2.09 bits per heavy atom. The second kappa shape index (κ2) is 7.63. The van der Waals surface area contributed by atoms with Crippen molar-refractivity contribution >= 4 is 46.6 Å². The van der Waals surface area contributed by atoms with E-state index in [1.54, 1.807) is 24.3 Å². The Morgan fingerprint density at radius 1 is 0.913 bits per heavy atom. The zero-order valence-electron chi connectivity index (χ0n) is 11.9. The Morgan fingerprint density at radius 2 is 1.52 bits per heavy atom. The fourth-order valence-electron chi connectivity index (χ4n) is 2.17. The third kappa shape index (κ3) is 4.24. The van der Waals surface area contributed by atoms with E-state index in [2.05, 4.69) is 4.98 Å². The van der Waals surface area contributed by atoms with Gasteiger partial charge in [0.15, 0.2) is 0 Å². The summed E-state index contributed by atoms with van der Waals surface area (Å²) < 4.78 is 1.89. The van der Waals surface area contributed by atoms with Crippen LogP contribution in [0.1, 0.15) is 16.3 Å². The number of benzene rings is 2. The quantitative estimate of drug-likeness (QED) is 0.371. The zero-order valence-corrected chi connectivity index (χ0v) is 15.0. The van der Waals surface area contributed by atoms with Gasteiger partial charge >= 0.3 is 0 Å². The molecule has 0 aliphatic heterocycles. The number of aromatic nitrogens is 2. The third-order valence-electron chi connectivity index (χ3n) is 3.33. The van der Waals surface area contributed by atoms with E-state index < -0.39 is 0 Å². The normalized spacial score (nSPS) is 13.7. The van der Waals surface area contributed by atoms with Gasteiger partial charge in [-0.2, -0.15) is 0 Å². The molecule has 3 aromatic rings. The van der Waals surface area contributed by atoms with Crippen molar-refractivity contribution in [1.82, 2.24) is 9.55 Å². The molecule has 0 radical (unpaired) electrons. The number of hydrogen-bond donors (Lipinski definition) is 0. The summed E-state index contributed by atoms with van der Waals surface area (Å²) in [4.78, 5) is 5.18. The van der Waals surface area contributed by atoms with Crippen LogP contribution >= 0.6 is 46.6 Å². The molecular formula is C17H13Cl3N2S. The summed E-state index contributed by atoms with van der Waals surface area (Å²) in [6.45, 7) is 0. The molecule has 0 aliphatic carbocycles. The van der Waals surface area contributed by atoms with Crippen molar-refractivity contribution in [3.63, 3.8) is 0 Å². The molecule has 0 fully saturated rings. The molecule has 2 aromatic carbocycles. The molecule has 0 saturated heterocycles. The molecule has 0 spiro atoms. The molecular weight excluding hydrogens is 371 g/mol. The van der Waals surface area contributed by atoms with Gasteiger partial charge in [-0.05, 0) is 42.0 Å². The van der Waals surface area contributed by atoms with Crippen LogP contribution in [0.2, 0.25) is 10.0 Å². The average molecular weight is 384 g/mol. The van der Waals surface area contributed by atoms with E-state index in [1.165, 1.54) is 0 Å². The monoisotopic (exact) mass is 382 g/mol. The molecule has 118 valence electrons. The van der Waals surface area contributed by atoms with Gasteiger partial charge in [0.1, 0.15) is 5.50 Å².